The van der Waals surface area contributed by atoms with Crippen LogP contribution in [0.25, 0.3) is 0 Å². The van der Waals surface area contributed by atoms with E-state index in [4.69, 9.17) is 0 Å². The minimum absolute atomic E-state index is 0.0805. The van der Waals surface area contributed by atoms with Gasteiger partial charge in [0.25, 0.3) is 0 Å². The van der Waals surface area contributed by atoms with Gasteiger partial charge < -0.3 is 15.5 Å². The average molecular weight is 289 g/mol. The molecule has 0 atom stereocenters. The molecule has 0 spiro atoms. The second-order valence-corrected chi connectivity index (χ2v) is 4.93. The third-order valence-corrected chi connectivity index (χ3v) is 2.95. The molecule has 0 aliphatic heterocycles. The number of anilines is 1. The first-order valence-electron chi connectivity index (χ1n) is 6.93. The van der Waals surface area contributed by atoms with Crippen LogP contribution in [0.1, 0.15) is 12.0 Å². The van der Waals surface area contributed by atoms with E-state index in [1.54, 1.807) is 25.1 Å². The number of rotatable bonds is 8. The zero-order valence-electron chi connectivity index (χ0n) is 12.7. The van der Waals surface area contributed by atoms with E-state index in [1.165, 1.54) is 0 Å². The first kappa shape index (κ1) is 16.8. The molecule has 1 rings (SSSR count). The second kappa shape index (κ2) is 8.79. The van der Waals surface area contributed by atoms with E-state index >= 15 is 0 Å². The van der Waals surface area contributed by atoms with E-state index in [0.717, 1.165) is 11.3 Å². The Morgan fingerprint density at radius 3 is 2.76 bits per heavy atom. The predicted octanol–water partition coefficient (Wildman–Crippen LogP) is 1.42. The quantitative estimate of drug-likeness (QED) is 0.712. The summed E-state index contributed by atoms with van der Waals surface area (Å²) in [6.07, 6.45) is 2.81. The van der Waals surface area contributed by atoms with Gasteiger partial charge in [-0.05, 0) is 24.1 Å². The number of carbonyl (C=O) groups is 2. The van der Waals surface area contributed by atoms with Crippen molar-refractivity contribution in [2.24, 2.45) is 0 Å². The number of benzene rings is 1. The minimum atomic E-state index is -0.0805. The Morgan fingerprint density at radius 1 is 1.33 bits per heavy atom. The summed E-state index contributed by atoms with van der Waals surface area (Å²) in [6.45, 7) is 4.23. The normalized spacial score (nSPS) is 9.81. The molecule has 21 heavy (non-hydrogen) atoms. The fraction of sp³-hybridized carbons (Fsp3) is 0.375. The Kier molecular flexibility index (Phi) is 7.01. The van der Waals surface area contributed by atoms with Crippen LogP contribution in [0.4, 0.5) is 5.69 Å². The Morgan fingerprint density at radius 2 is 2.10 bits per heavy atom. The summed E-state index contributed by atoms with van der Waals surface area (Å²) < 4.78 is 0. The summed E-state index contributed by atoms with van der Waals surface area (Å²) in [7, 11) is 3.50. The van der Waals surface area contributed by atoms with Gasteiger partial charge in [0.15, 0.2) is 0 Å². The molecule has 5 heteroatoms. The SMILES string of the molecule is C=CCNC(=O)CNc1cccc(CCC(=O)N(C)C)c1. The first-order chi connectivity index (χ1) is 10.0. The van der Waals surface area contributed by atoms with E-state index < -0.39 is 0 Å². The summed E-state index contributed by atoms with van der Waals surface area (Å²) in [6, 6.07) is 7.76. The van der Waals surface area contributed by atoms with Crippen molar-refractivity contribution >= 4 is 17.5 Å². The van der Waals surface area contributed by atoms with Crippen LogP contribution >= 0.6 is 0 Å². The summed E-state index contributed by atoms with van der Waals surface area (Å²) in [4.78, 5) is 24.6. The monoisotopic (exact) mass is 289 g/mol. The molecule has 0 unspecified atom stereocenters. The van der Waals surface area contributed by atoms with Crippen molar-refractivity contribution in [2.75, 3.05) is 32.5 Å². The molecule has 1 aromatic rings. The lowest BCUT2D eigenvalue weighted by Crippen LogP contribution is -2.29. The van der Waals surface area contributed by atoms with Crippen molar-refractivity contribution in [3.05, 3.63) is 42.5 Å². The van der Waals surface area contributed by atoms with Gasteiger partial charge in [-0.25, -0.2) is 0 Å². The Balaban J connectivity index is 2.46. The van der Waals surface area contributed by atoms with Crippen molar-refractivity contribution < 1.29 is 9.59 Å². The third-order valence-electron chi connectivity index (χ3n) is 2.95. The number of nitrogens with zero attached hydrogens (tertiary/aromatic N) is 1. The number of aryl methyl sites for hydroxylation is 1. The molecule has 5 nitrogen and oxygen atoms in total. The Labute approximate surface area is 126 Å². The zero-order chi connectivity index (χ0) is 15.7. The van der Waals surface area contributed by atoms with Gasteiger partial charge >= 0.3 is 0 Å². The lowest BCUT2D eigenvalue weighted by atomic mass is 10.1. The van der Waals surface area contributed by atoms with Crippen molar-refractivity contribution in [1.82, 2.24) is 10.2 Å². The molecule has 0 fully saturated rings. The number of hydrogen-bond donors (Lipinski definition) is 2. The third kappa shape index (κ3) is 6.61. The molecule has 0 aliphatic rings. The smallest absolute Gasteiger partial charge is 0.239 e. The van der Waals surface area contributed by atoms with Crippen LogP contribution < -0.4 is 10.6 Å². The molecule has 0 bridgehead atoms. The molecular formula is C16H23N3O2. The molecule has 2 amide bonds. The van der Waals surface area contributed by atoms with E-state index in [9.17, 15) is 9.59 Å². The van der Waals surface area contributed by atoms with Gasteiger partial charge in [0.1, 0.15) is 0 Å². The average Bonchev–Trinajstić information content (AvgIpc) is 2.48. The molecule has 0 radical (unpaired) electrons. The fourth-order valence-electron chi connectivity index (χ4n) is 1.74. The Bertz CT molecular complexity index is 498. The number of nitrogens with one attached hydrogen (secondary N) is 2. The molecule has 0 heterocycles. The standard InChI is InChI=1S/C16H23N3O2/c1-4-10-17-15(20)12-18-14-7-5-6-13(11-14)8-9-16(21)19(2)3/h4-7,11,18H,1,8-10,12H2,2-3H3,(H,17,20). The van der Waals surface area contributed by atoms with Crippen molar-refractivity contribution in [3.8, 4) is 0 Å². The van der Waals surface area contributed by atoms with Gasteiger partial charge in [-0.1, -0.05) is 18.2 Å². The van der Waals surface area contributed by atoms with Crippen molar-refractivity contribution in [2.45, 2.75) is 12.8 Å². The highest BCUT2D eigenvalue weighted by Crippen LogP contribution is 2.12. The maximum absolute atomic E-state index is 11.6. The summed E-state index contributed by atoms with van der Waals surface area (Å²) in [5, 5.41) is 5.76. The molecule has 2 N–H and O–H groups in total. The highest BCUT2D eigenvalue weighted by molar-refractivity contribution is 5.80. The minimum Gasteiger partial charge on any atom is -0.376 e. The van der Waals surface area contributed by atoms with E-state index in [2.05, 4.69) is 17.2 Å². The van der Waals surface area contributed by atoms with Gasteiger partial charge in [-0.15, -0.1) is 6.58 Å². The lowest BCUT2D eigenvalue weighted by Gasteiger charge is -2.11. The van der Waals surface area contributed by atoms with E-state index in [0.29, 0.717) is 19.4 Å². The first-order valence-corrected chi connectivity index (χ1v) is 6.93. The van der Waals surface area contributed by atoms with Crippen LogP contribution in [-0.2, 0) is 16.0 Å². The van der Waals surface area contributed by atoms with Gasteiger partial charge in [-0.3, -0.25) is 9.59 Å². The van der Waals surface area contributed by atoms with Crippen molar-refractivity contribution in [1.29, 1.82) is 0 Å². The van der Waals surface area contributed by atoms with Crippen LogP contribution in [0, 0.1) is 0 Å². The molecule has 0 saturated carbocycles. The van der Waals surface area contributed by atoms with E-state index in [1.807, 2.05) is 24.3 Å². The van der Waals surface area contributed by atoms with Crippen LogP contribution in [0.5, 0.6) is 0 Å². The van der Waals surface area contributed by atoms with Crippen LogP contribution in [-0.4, -0.2) is 43.9 Å². The predicted molar refractivity (Wildman–Crippen MR) is 85.2 cm³/mol. The summed E-state index contributed by atoms with van der Waals surface area (Å²) >= 11 is 0. The number of hydrogen-bond acceptors (Lipinski definition) is 3. The van der Waals surface area contributed by atoms with Gasteiger partial charge in [0, 0.05) is 32.7 Å². The van der Waals surface area contributed by atoms with Gasteiger partial charge in [-0.2, -0.15) is 0 Å². The molecule has 0 saturated heterocycles. The van der Waals surface area contributed by atoms with Gasteiger partial charge in [0.05, 0.1) is 6.54 Å². The van der Waals surface area contributed by atoms with Crippen LogP contribution in [0.2, 0.25) is 0 Å². The van der Waals surface area contributed by atoms with Crippen LogP contribution in [0.3, 0.4) is 0 Å². The highest BCUT2D eigenvalue weighted by atomic mass is 16.2. The molecule has 1 aromatic carbocycles. The topological polar surface area (TPSA) is 61.4 Å². The molecule has 0 aliphatic carbocycles. The maximum Gasteiger partial charge on any atom is 0.239 e. The second-order valence-electron chi connectivity index (χ2n) is 4.93. The molecular weight excluding hydrogens is 266 g/mol. The number of carbonyl (C=O) groups excluding carboxylic acids is 2. The fourth-order valence-corrected chi connectivity index (χ4v) is 1.74. The maximum atomic E-state index is 11.6. The highest BCUT2D eigenvalue weighted by Gasteiger charge is 2.05. The number of amides is 2. The summed E-state index contributed by atoms with van der Waals surface area (Å²) in [5.74, 6) is 0.0280. The molecule has 0 aromatic heterocycles. The Hall–Kier alpha value is -2.30. The van der Waals surface area contributed by atoms with Crippen LogP contribution in [0.15, 0.2) is 36.9 Å². The zero-order valence-corrected chi connectivity index (χ0v) is 12.7. The van der Waals surface area contributed by atoms with Gasteiger partial charge in [0.2, 0.25) is 11.8 Å². The van der Waals surface area contributed by atoms with E-state index in [-0.39, 0.29) is 18.4 Å². The summed E-state index contributed by atoms with van der Waals surface area (Å²) in [5.41, 5.74) is 1.94. The lowest BCUT2D eigenvalue weighted by molar-refractivity contribution is -0.128. The largest absolute Gasteiger partial charge is 0.376 e. The molecule has 114 valence electrons. The van der Waals surface area contributed by atoms with Crippen molar-refractivity contribution in [3.63, 3.8) is 0 Å².